The van der Waals surface area contributed by atoms with Crippen molar-refractivity contribution in [1.29, 1.82) is 0 Å². The predicted octanol–water partition coefficient (Wildman–Crippen LogP) is 6.88. The zero-order valence-corrected chi connectivity index (χ0v) is 17.4. The topological polar surface area (TPSA) is 61.3 Å². The van der Waals surface area contributed by atoms with Crippen LogP contribution in [0.1, 0.15) is 90.5 Å². The molecule has 0 radical (unpaired) electrons. The van der Waals surface area contributed by atoms with Gasteiger partial charge in [0, 0.05) is 0 Å². The van der Waals surface area contributed by atoms with E-state index in [1.165, 1.54) is 63.4 Å². The van der Waals surface area contributed by atoms with Gasteiger partial charge in [-0.15, -0.1) is 0 Å². The Labute approximate surface area is 161 Å². The van der Waals surface area contributed by atoms with Gasteiger partial charge in [-0.2, -0.15) is 0 Å². The highest BCUT2D eigenvalue weighted by Gasteiger charge is 2.29. The number of esters is 1. The van der Waals surface area contributed by atoms with Crippen LogP contribution in [-0.2, 0) is 16.0 Å². The minimum atomic E-state index is -0.458. The maximum absolute atomic E-state index is 12.3. The summed E-state index contributed by atoms with van der Waals surface area (Å²) in [6.45, 7) is 6.77. The van der Waals surface area contributed by atoms with Crippen molar-refractivity contribution in [2.24, 2.45) is 5.41 Å². The predicted molar refractivity (Wildman–Crippen MR) is 112 cm³/mol. The summed E-state index contributed by atoms with van der Waals surface area (Å²) in [5.41, 5.74) is 0.725. The first-order chi connectivity index (χ1) is 12.1. The molecule has 0 saturated heterocycles. The number of unbranched alkanes of at least 4 members (excludes halogenated alkanes) is 9. The lowest BCUT2D eigenvalue weighted by Gasteiger charge is -2.22. The van der Waals surface area contributed by atoms with Gasteiger partial charge in [-0.1, -0.05) is 95.0 Å². The molecule has 26 heavy (non-hydrogen) atoms. The first-order valence-corrected chi connectivity index (χ1v) is 10.3. The number of rotatable bonds is 14. The molecule has 0 bridgehead atoms. The summed E-state index contributed by atoms with van der Waals surface area (Å²) in [6, 6.07) is 10.2. The van der Waals surface area contributed by atoms with Gasteiger partial charge in [0.1, 0.15) is 0 Å². The zero-order chi connectivity index (χ0) is 18.4. The smallest absolute Gasteiger partial charge is 0.311 e. The molecule has 0 amide bonds. The van der Waals surface area contributed by atoms with Crippen LogP contribution in [-0.4, -0.2) is 12.6 Å². The normalized spacial score (nSPS) is 11.0. The first-order valence-electron chi connectivity index (χ1n) is 10.3. The number of hydrogen-bond donors (Lipinski definition) is 1. The third-order valence-corrected chi connectivity index (χ3v) is 4.77. The standard InChI is InChI=1S/C23H38O2.H3N/c1-4-5-6-7-8-9-10-11-12-16-19-25-22(24)23(2,3)20-21-17-14-13-15-18-21;/h13-15,17-18H,4-12,16,19-20H2,1-3H3;1H3. The lowest BCUT2D eigenvalue weighted by Crippen LogP contribution is -2.29. The third kappa shape index (κ3) is 11.3. The fraction of sp³-hybridized carbons (Fsp3) is 0.696. The number of carbonyl (C=O) groups is 1. The van der Waals surface area contributed by atoms with Crippen LogP contribution in [0.5, 0.6) is 0 Å². The summed E-state index contributed by atoms with van der Waals surface area (Å²) < 4.78 is 5.51. The number of carbonyl (C=O) groups excluding carboxylic acids is 1. The van der Waals surface area contributed by atoms with Crippen molar-refractivity contribution in [2.45, 2.75) is 91.4 Å². The fourth-order valence-electron chi connectivity index (χ4n) is 3.13. The molecule has 1 aromatic carbocycles. The Hall–Kier alpha value is -1.35. The second kappa shape index (κ2) is 14.8. The van der Waals surface area contributed by atoms with Crippen molar-refractivity contribution in [3.05, 3.63) is 35.9 Å². The van der Waals surface area contributed by atoms with Crippen LogP contribution in [0.4, 0.5) is 0 Å². The quantitative estimate of drug-likeness (QED) is 0.289. The van der Waals surface area contributed by atoms with Crippen LogP contribution in [0.15, 0.2) is 30.3 Å². The number of hydrogen-bond acceptors (Lipinski definition) is 3. The minimum absolute atomic E-state index is 0. The molecule has 1 rings (SSSR count). The van der Waals surface area contributed by atoms with Gasteiger partial charge in [0.15, 0.2) is 0 Å². The van der Waals surface area contributed by atoms with E-state index in [0.29, 0.717) is 6.61 Å². The monoisotopic (exact) mass is 363 g/mol. The highest BCUT2D eigenvalue weighted by atomic mass is 16.5. The Morgan fingerprint density at radius 1 is 0.846 bits per heavy atom. The molecule has 0 aliphatic heterocycles. The molecule has 0 aliphatic carbocycles. The van der Waals surface area contributed by atoms with Gasteiger partial charge in [0.25, 0.3) is 0 Å². The van der Waals surface area contributed by atoms with Gasteiger partial charge in [0.05, 0.1) is 12.0 Å². The summed E-state index contributed by atoms with van der Waals surface area (Å²) >= 11 is 0. The Kier molecular flexibility index (Phi) is 14.0. The van der Waals surface area contributed by atoms with Crippen molar-refractivity contribution in [3.8, 4) is 0 Å². The maximum atomic E-state index is 12.3. The van der Waals surface area contributed by atoms with E-state index in [-0.39, 0.29) is 12.1 Å². The molecule has 0 aliphatic rings. The maximum Gasteiger partial charge on any atom is 0.311 e. The van der Waals surface area contributed by atoms with E-state index in [2.05, 4.69) is 19.1 Å². The molecule has 1 aromatic rings. The van der Waals surface area contributed by atoms with E-state index in [9.17, 15) is 4.79 Å². The molecule has 150 valence electrons. The molecule has 0 spiro atoms. The lowest BCUT2D eigenvalue weighted by atomic mass is 9.86. The van der Waals surface area contributed by atoms with Crippen LogP contribution in [0.2, 0.25) is 0 Å². The Balaban J connectivity index is 0.00000625. The molecule has 0 atom stereocenters. The molecule has 0 aromatic heterocycles. The molecule has 3 nitrogen and oxygen atoms in total. The van der Waals surface area contributed by atoms with E-state index in [4.69, 9.17) is 4.74 Å². The van der Waals surface area contributed by atoms with E-state index >= 15 is 0 Å². The molecule has 0 heterocycles. The average molecular weight is 364 g/mol. The van der Waals surface area contributed by atoms with Crippen molar-refractivity contribution < 1.29 is 9.53 Å². The van der Waals surface area contributed by atoms with Crippen molar-refractivity contribution in [2.75, 3.05) is 6.61 Å². The number of ether oxygens (including phenoxy) is 1. The summed E-state index contributed by atoms with van der Waals surface area (Å²) in [6.07, 6.45) is 13.7. The van der Waals surface area contributed by atoms with Crippen LogP contribution in [0.3, 0.4) is 0 Å². The van der Waals surface area contributed by atoms with Gasteiger partial charge < -0.3 is 10.9 Å². The van der Waals surface area contributed by atoms with Crippen LogP contribution >= 0.6 is 0 Å². The first kappa shape index (κ1) is 24.7. The van der Waals surface area contributed by atoms with Crippen LogP contribution < -0.4 is 6.15 Å². The highest BCUT2D eigenvalue weighted by Crippen LogP contribution is 2.23. The lowest BCUT2D eigenvalue weighted by molar-refractivity contribution is -0.154. The van der Waals surface area contributed by atoms with Crippen molar-refractivity contribution in [1.82, 2.24) is 6.15 Å². The van der Waals surface area contributed by atoms with Gasteiger partial charge in [0.2, 0.25) is 0 Å². The van der Waals surface area contributed by atoms with Crippen molar-refractivity contribution >= 4 is 5.97 Å². The average Bonchev–Trinajstić information content (AvgIpc) is 2.60. The Bertz CT molecular complexity index is 457. The molecule has 0 unspecified atom stereocenters. The fourth-order valence-corrected chi connectivity index (χ4v) is 3.13. The third-order valence-electron chi connectivity index (χ3n) is 4.77. The second-order valence-corrected chi connectivity index (χ2v) is 7.86. The zero-order valence-electron chi connectivity index (χ0n) is 17.4. The van der Waals surface area contributed by atoms with Gasteiger partial charge in [-0.25, -0.2) is 0 Å². The summed E-state index contributed by atoms with van der Waals surface area (Å²) in [5.74, 6) is -0.0766. The van der Waals surface area contributed by atoms with Gasteiger partial charge >= 0.3 is 5.97 Å². The van der Waals surface area contributed by atoms with E-state index in [0.717, 1.165) is 12.8 Å². The van der Waals surface area contributed by atoms with Gasteiger partial charge in [-0.3, -0.25) is 4.79 Å². The summed E-state index contributed by atoms with van der Waals surface area (Å²) in [4.78, 5) is 12.3. The molecule has 3 heteroatoms. The minimum Gasteiger partial charge on any atom is -0.465 e. The molecule has 3 N–H and O–H groups in total. The molecule has 0 fully saturated rings. The second-order valence-electron chi connectivity index (χ2n) is 7.86. The highest BCUT2D eigenvalue weighted by molar-refractivity contribution is 5.76. The summed E-state index contributed by atoms with van der Waals surface area (Å²) in [7, 11) is 0. The largest absolute Gasteiger partial charge is 0.465 e. The Morgan fingerprint density at radius 3 is 1.88 bits per heavy atom. The SMILES string of the molecule is CCCCCCCCCCCCOC(=O)C(C)(C)Cc1ccccc1.N. The van der Waals surface area contributed by atoms with E-state index < -0.39 is 5.41 Å². The summed E-state index contributed by atoms with van der Waals surface area (Å²) in [5, 5.41) is 0. The molecular formula is C23H41NO2. The van der Waals surface area contributed by atoms with Crippen LogP contribution in [0, 0.1) is 5.41 Å². The van der Waals surface area contributed by atoms with Crippen molar-refractivity contribution in [3.63, 3.8) is 0 Å². The van der Waals surface area contributed by atoms with E-state index in [1.54, 1.807) is 0 Å². The molecular weight excluding hydrogens is 322 g/mol. The van der Waals surface area contributed by atoms with E-state index in [1.807, 2.05) is 32.0 Å². The van der Waals surface area contributed by atoms with Crippen LogP contribution in [0.25, 0.3) is 0 Å². The number of benzene rings is 1. The molecule has 0 saturated carbocycles. The Morgan fingerprint density at radius 2 is 1.35 bits per heavy atom. The van der Waals surface area contributed by atoms with Gasteiger partial charge in [-0.05, 0) is 32.3 Å².